The molecule has 1 rings (SSSR count). The first-order chi connectivity index (χ1) is 15.4. The maximum Gasteiger partial charge on any atom is 0.353 e. The van der Waals surface area contributed by atoms with Crippen LogP contribution in [0.15, 0.2) is 24.6 Å². The van der Waals surface area contributed by atoms with E-state index in [0.29, 0.717) is 24.6 Å². The molecule has 3 N–H and O–H groups in total. The van der Waals surface area contributed by atoms with Gasteiger partial charge in [0.1, 0.15) is 12.3 Å². The van der Waals surface area contributed by atoms with Crippen LogP contribution in [0.4, 0.5) is 0 Å². The molecule has 1 fully saturated rings. The normalized spacial score (nSPS) is 20.0. The van der Waals surface area contributed by atoms with Crippen molar-refractivity contribution < 1.29 is 78.8 Å². The van der Waals surface area contributed by atoms with E-state index in [2.05, 4.69) is 48.7 Å². The number of carbonyl (C=O) groups excluding carboxylic acids is 1. The summed E-state index contributed by atoms with van der Waals surface area (Å²) in [5.74, 6) is -0.209. The van der Waals surface area contributed by atoms with E-state index < -0.39 is 35.4 Å². The summed E-state index contributed by atoms with van der Waals surface area (Å²) < 4.78 is 51.9. The number of allylic oxidation sites excluding steroid dienone is 1. The van der Waals surface area contributed by atoms with Crippen molar-refractivity contribution in [2.24, 2.45) is 11.8 Å². The molecule has 0 aromatic heterocycles. The van der Waals surface area contributed by atoms with Crippen molar-refractivity contribution in [2.75, 3.05) is 33.1 Å². The van der Waals surface area contributed by atoms with Gasteiger partial charge in [-0.25, -0.2) is 8.42 Å². The Morgan fingerprint density at radius 1 is 1.24 bits per heavy atom. The summed E-state index contributed by atoms with van der Waals surface area (Å²) in [5.41, 5.74) is 0.144. The van der Waals surface area contributed by atoms with Gasteiger partial charge < -0.3 is 36.5 Å². The summed E-state index contributed by atoms with van der Waals surface area (Å²) in [4.78, 5) is 23.9. The van der Waals surface area contributed by atoms with Gasteiger partial charge in [-0.1, -0.05) is 33.9 Å². The van der Waals surface area contributed by atoms with E-state index in [1.165, 1.54) is 0 Å². The number of carbonyl (C=O) groups is 1. The molecule has 1 heterocycles. The summed E-state index contributed by atoms with van der Waals surface area (Å²) in [5, 5.41) is 3.06. The molecule has 1 aliphatic heterocycles. The first-order valence-electron chi connectivity index (χ1n) is 10.9. The van der Waals surface area contributed by atoms with Gasteiger partial charge in [0, 0.05) is 73.6 Å². The van der Waals surface area contributed by atoms with E-state index in [1.54, 1.807) is 13.8 Å². The van der Waals surface area contributed by atoms with E-state index in [4.69, 9.17) is 9.47 Å². The average molecular weight is 908 g/mol. The minimum atomic E-state index is -3.79. The molecule has 0 spiro atoms. The third-order valence-electron chi connectivity index (χ3n) is 5.81. The van der Waals surface area contributed by atoms with Crippen LogP contribution in [0.5, 0.6) is 0 Å². The molecule has 1 saturated heterocycles. The maximum absolute atomic E-state index is 12.5. The molecule has 0 radical (unpaired) electrons. The van der Waals surface area contributed by atoms with Gasteiger partial charge in [-0.05, 0) is 25.7 Å². The van der Waals surface area contributed by atoms with Crippen molar-refractivity contribution in [3.63, 3.8) is 0 Å². The number of nitrogens with one attached hydrogen (secondary N) is 2. The van der Waals surface area contributed by atoms with E-state index >= 15 is 0 Å². The molecule has 1 aliphatic rings. The smallest absolute Gasteiger partial charge is 0.353 e. The van der Waals surface area contributed by atoms with Gasteiger partial charge in [-0.15, -0.1) is 0 Å². The zero-order chi connectivity index (χ0) is 26.5. The van der Waals surface area contributed by atoms with Crippen molar-refractivity contribution >= 4 is 23.5 Å². The van der Waals surface area contributed by atoms with Crippen molar-refractivity contribution in [3.8, 4) is 0 Å². The maximum atomic E-state index is 12.5. The second kappa shape index (κ2) is 16.9. The molecule has 0 saturated carbocycles. The molecule has 4 unspecified atom stereocenters. The Morgan fingerprint density at radius 2 is 1.78 bits per heavy atom. The van der Waals surface area contributed by atoms with Crippen LogP contribution < -0.4 is 10.0 Å². The molecule has 0 aromatic carbocycles. The number of likely N-dealkylation sites (tertiary alicyclic amines) is 1. The molecule has 0 bridgehead atoms. The summed E-state index contributed by atoms with van der Waals surface area (Å²) in [6, 6.07) is -0.285. The second-order valence-corrected chi connectivity index (χ2v) is 13.1. The quantitative estimate of drug-likeness (QED) is 0.103. The molecule has 11 nitrogen and oxygen atoms in total. The van der Waals surface area contributed by atoms with Crippen LogP contribution in [0.3, 0.4) is 0 Å². The summed E-state index contributed by atoms with van der Waals surface area (Å²) in [7, 11) is -6.38. The van der Waals surface area contributed by atoms with Crippen LogP contribution in [-0.2, 0) is 75.5 Å². The fourth-order valence-corrected chi connectivity index (χ4v) is 4.40. The van der Waals surface area contributed by atoms with Gasteiger partial charge in [0.25, 0.3) is 5.91 Å². The van der Waals surface area contributed by atoms with Crippen LogP contribution >= 0.6 is 7.60 Å². The molecule has 15 heteroatoms. The van der Waals surface area contributed by atoms with Crippen LogP contribution in [0, 0.1) is 19.3 Å². The standard InChI is InChI=1S/C21H40N3O8PS.CH3.2W/c1-14(2)15(3)17(5)24-11-18(32-12-31-13-33(26,27)30-8)10-19(24)16(4)22-21(6,7)20(25)23-34(9,28)29;;;/h14-15,18-19,22H,4-5,10-13H2,1-3,6-9H3,(H,23,25)(H,26,27);1H3;;/q;-1;;. The SMILES string of the molecule is C=C(NC(C)(C)C(=O)NS(C)(=O)=O)C1CC(OCOCP(=O)(O)OC)CN1C(=C)C(C)C(C)C.[CH3-].[W].[W]. The van der Waals surface area contributed by atoms with Crippen LogP contribution in [0.1, 0.15) is 41.0 Å². The number of ether oxygens (including phenoxy) is 2. The molecule has 0 aliphatic carbocycles. The summed E-state index contributed by atoms with van der Waals surface area (Å²) >= 11 is 0. The van der Waals surface area contributed by atoms with E-state index in [9.17, 15) is 22.7 Å². The molecular weight excluding hydrogens is 865 g/mol. The fourth-order valence-electron chi connectivity index (χ4n) is 3.40. The van der Waals surface area contributed by atoms with Crippen molar-refractivity contribution in [2.45, 2.75) is 58.7 Å². The molecule has 0 aromatic rings. The van der Waals surface area contributed by atoms with Gasteiger partial charge >= 0.3 is 7.60 Å². The van der Waals surface area contributed by atoms with Crippen molar-refractivity contribution in [1.82, 2.24) is 14.9 Å². The molecular formula is C22H43N3O8PSW2-. The zero-order valence-corrected chi connectivity index (χ0v) is 30.6. The Balaban J connectivity index is -0.00000385. The summed E-state index contributed by atoms with van der Waals surface area (Å²) in [6.45, 7) is 18.0. The number of sulfonamides is 1. The van der Waals surface area contributed by atoms with Gasteiger partial charge in [0.05, 0.1) is 18.4 Å². The first-order valence-corrected chi connectivity index (χ1v) is 14.6. The van der Waals surface area contributed by atoms with E-state index in [-0.39, 0.29) is 74.4 Å². The summed E-state index contributed by atoms with van der Waals surface area (Å²) in [6.07, 6.45) is 0.619. The number of amides is 1. The van der Waals surface area contributed by atoms with Gasteiger partial charge in [0.15, 0.2) is 6.35 Å². The Hall–Kier alpha value is -0.0534. The number of hydrogen-bond acceptors (Lipinski definition) is 9. The van der Waals surface area contributed by atoms with Crippen LogP contribution in [0.25, 0.3) is 0 Å². The Morgan fingerprint density at radius 3 is 2.24 bits per heavy atom. The average Bonchev–Trinajstić information content (AvgIpc) is 3.12. The number of hydrogen-bond donors (Lipinski definition) is 3. The van der Waals surface area contributed by atoms with Gasteiger partial charge in [0.2, 0.25) is 10.0 Å². The number of rotatable bonds is 14. The molecule has 4 atom stereocenters. The zero-order valence-electron chi connectivity index (χ0n) is 23.0. The fraction of sp³-hybridized carbons (Fsp3) is 0.727. The predicted octanol–water partition coefficient (Wildman–Crippen LogP) is 2.42. The Kier molecular flexibility index (Phi) is 18.9. The third kappa shape index (κ3) is 13.7. The van der Waals surface area contributed by atoms with Crippen LogP contribution in [-0.4, -0.2) is 74.9 Å². The third-order valence-corrected chi connectivity index (χ3v) is 7.44. The van der Waals surface area contributed by atoms with Crippen molar-refractivity contribution in [3.05, 3.63) is 32.0 Å². The van der Waals surface area contributed by atoms with E-state index in [1.807, 2.05) is 4.72 Å². The topological polar surface area (TPSA) is 144 Å². The second-order valence-electron chi connectivity index (χ2n) is 9.47. The first kappa shape index (κ1) is 41.4. The Bertz CT molecular complexity index is 918. The number of nitrogens with zero attached hydrogens (tertiary/aromatic N) is 1. The van der Waals surface area contributed by atoms with Crippen LogP contribution in [0.2, 0.25) is 0 Å². The predicted molar refractivity (Wildman–Crippen MR) is 137 cm³/mol. The largest absolute Gasteiger partial charge is 0.374 e. The van der Waals surface area contributed by atoms with Gasteiger partial charge in [-0.3, -0.25) is 14.1 Å². The Labute approximate surface area is 251 Å². The molecule has 218 valence electrons. The van der Waals surface area contributed by atoms with Crippen molar-refractivity contribution in [1.29, 1.82) is 0 Å². The van der Waals surface area contributed by atoms with E-state index in [0.717, 1.165) is 19.1 Å². The minimum absolute atomic E-state index is 0. The molecule has 1 amide bonds. The minimum Gasteiger partial charge on any atom is -0.374 e. The molecule has 37 heavy (non-hydrogen) atoms. The monoisotopic (exact) mass is 908 g/mol. The van der Waals surface area contributed by atoms with Gasteiger partial charge in [-0.2, -0.15) is 0 Å².